The first kappa shape index (κ1) is 23.8. The number of anilines is 2. The topological polar surface area (TPSA) is 96.8 Å². The summed E-state index contributed by atoms with van der Waals surface area (Å²) in [4.78, 5) is 19.1. The van der Waals surface area contributed by atoms with Crippen LogP contribution >= 0.6 is 0 Å². The number of ether oxygens (including phenoxy) is 1. The first-order valence-corrected chi connectivity index (χ1v) is 13.5. The fraction of sp³-hybridized carbons (Fsp3) is 0.440. The van der Waals surface area contributed by atoms with E-state index in [1.165, 1.54) is 11.2 Å². The minimum absolute atomic E-state index is 0.0777. The van der Waals surface area contributed by atoms with Crippen LogP contribution in [0.4, 0.5) is 11.4 Å². The van der Waals surface area contributed by atoms with Crippen molar-refractivity contribution in [3.63, 3.8) is 0 Å². The summed E-state index contributed by atoms with van der Waals surface area (Å²) < 4.78 is 35.2. The third kappa shape index (κ3) is 4.53. The second-order valence-corrected chi connectivity index (χ2v) is 10.9. The lowest BCUT2D eigenvalue weighted by molar-refractivity contribution is -0.114. The monoisotopic (exact) mass is 497 g/mol. The number of sulfonamides is 1. The van der Waals surface area contributed by atoms with Crippen molar-refractivity contribution >= 4 is 38.3 Å². The largest absolute Gasteiger partial charge is 0.379 e. The van der Waals surface area contributed by atoms with E-state index >= 15 is 0 Å². The number of aryl methyl sites for hydroxylation is 1. The van der Waals surface area contributed by atoms with Crippen molar-refractivity contribution in [3.8, 4) is 0 Å². The number of aromatic nitrogens is 2. The molecule has 2 aliphatic heterocycles. The summed E-state index contributed by atoms with van der Waals surface area (Å²) in [6, 6.07) is 11.2. The molecule has 1 N–H and O–H groups in total. The lowest BCUT2D eigenvalue weighted by Gasteiger charge is -2.32. The summed E-state index contributed by atoms with van der Waals surface area (Å²) in [6.07, 6.45) is 1.90. The number of nitrogens with zero attached hydrogens (tertiary/aromatic N) is 4. The molecular formula is C25H31N5O4S. The van der Waals surface area contributed by atoms with Crippen molar-refractivity contribution in [1.29, 1.82) is 0 Å². The maximum Gasteiger partial charge on any atom is 0.243 e. The van der Waals surface area contributed by atoms with Gasteiger partial charge in [-0.2, -0.15) is 4.31 Å². The lowest BCUT2D eigenvalue weighted by atomic mass is 9.99. The third-order valence-electron chi connectivity index (χ3n) is 6.71. The highest BCUT2D eigenvalue weighted by Crippen LogP contribution is 2.34. The van der Waals surface area contributed by atoms with Gasteiger partial charge in [-0.05, 0) is 55.7 Å². The van der Waals surface area contributed by atoms with E-state index in [0.29, 0.717) is 38.4 Å². The van der Waals surface area contributed by atoms with Crippen LogP contribution in [0, 0.1) is 0 Å². The van der Waals surface area contributed by atoms with Crippen LogP contribution in [0.25, 0.3) is 11.0 Å². The first-order valence-electron chi connectivity index (χ1n) is 12.1. The molecule has 0 bridgehead atoms. The predicted molar refractivity (Wildman–Crippen MR) is 135 cm³/mol. The van der Waals surface area contributed by atoms with Gasteiger partial charge in [-0.1, -0.05) is 6.07 Å². The van der Waals surface area contributed by atoms with Crippen molar-refractivity contribution in [2.45, 2.75) is 44.7 Å². The Hall–Kier alpha value is -2.95. The molecule has 1 fully saturated rings. The van der Waals surface area contributed by atoms with E-state index in [9.17, 15) is 13.2 Å². The van der Waals surface area contributed by atoms with E-state index in [1.54, 1.807) is 12.1 Å². The second-order valence-electron chi connectivity index (χ2n) is 8.95. The maximum absolute atomic E-state index is 13.2. The molecule has 0 saturated carbocycles. The van der Waals surface area contributed by atoms with Gasteiger partial charge in [0.25, 0.3) is 0 Å². The average molecular weight is 498 g/mol. The zero-order valence-corrected chi connectivity index (χ0v) is 21.0. The number of rotatable bonds is 6. The summed E-state index contributed by atoms with van der Waals surface area (Å²) in [5, 5.41) is 2.95. The molecule has 1 saturated heterocycles. The van der Waals surface area contributed by atoms with E-state index in [4.69, 9.17) is 9.72 Å². The van der Waals surface area contributed by atoms with Gasteiger partial charge < -0.3 is 19.5 Å². The van der Waals surface area contributed by atoms with Crippen LogP contribution in [0.2, 0.25) is 0 Å². The number of nitrogens with one attached hydrogen (secondary N) is 1. The minimum Gasteiger partial charge on any atom is -0.379 e. The normalized spacial score (nSPS) is 16.9. The number of amides is 1. The van der Waals surface area contributed by atoms with Crippen molar-refractivity contribution in [2.24, 2.45) is 0 Å². The van der Waals surface area contributed by atoms with Crippen molar-refractivity contribution in [3.05, 3.63) is 47.8 Å². The van der Waals surface area contributed by atoms with Gasteiger partial charge >= 0.3 is 0 Å². The molecule has 186 valence electrons. The molecule has 0 atom stereocenters. The summed E-state index contributed by atoms with van der Waals surface area (Å²) in [5.41, 5.74) is 4.72. The van der Waals surface area contributed by atoms with Crippen LogP contribution < -0.4 is 10.2 Å². The molecule has 3 heterocycles. The Morgan fingerprint density at radius 3 is 2.69 bits per heavy atom. The van der Waals surface area contributed by atoms with Gasteiger partial charge in [-0.15, -0.1) is 0 Å². The summed E-state index contributed by atoms with van der Waals surface area (Å²) in [5.74, 6) is 0.812. The van der Waals surface area contributed by atoms with Crippen LogP contribution in [-0.4, -0.2) is 61.0 Å². The van der Waals surface area contributed by atoms with Crippen LogP contribution in [0.15, 0.2) is 41.3 Å². The van der Waals surface area contributed by atoms with Crippen molar-refractivity contribution < 1.29 is 17.9 Å². The van der Waals surface area contributed by atoms with Gasteiger partial charge in [0.2, 0.25) is 15.9 Å². The van der Waals surface area contributed by atoms with Crippen LogP contribution in [-0.2, 0) is 39.1 Å². The molecule has 1 amide bonds. The molecule has 0 aliphatic carbocycles. The van der Waals surface area contributed by atoms with E-state index in [1.807, 2.05) is 18.2 Å². The minimum atomic E-state index is -3.59. The highest BCUT2D eigenvalue weighted by atomic mass is 32.2. The zero-order valence-electron chi connectivity index (χ0n) is 20.2. The van der Waals surface area contributed by atoms with Gasteiger partial charge in [0.1, 0.15) is 5.82 Å². The van der Waals surface area contributed by atoms with E-state index < -0.39 is 10.0 Å². The molecule has 1 aromatic heterocycles. The molecule has 2 aromatic carbocycles. The lowest BCUT2D eigenvalue weighted by Crippen LogP contribution is -2.40. The van der Waals surface area contributed by atoms with Gasteiger partial charge in [-0.25, -0.2) is 13.4 Å². The Morgan fingerprint density at radius 2 is 1.94 bits per heavy atom. The maximum atomic E-state index is 13.2. The van der Waals surface area contributed by atoms with Crippen LogP contribution in [0.3, 0.4) is 0 Å². The molecule has 0 radical (unpaired) electrons. The number of carbonyl (C=O) groups is 1. The van der Waals surface area contributed by atoms with E-state index in [0.717, 1.165) is 54.2 Å². The second kappa shape index (κ2) is 9.60. The first-order chi connectivity index (χ1) is 16.9. The third-order valence-corrected chi connectivity index (χ3v) is 8.61. The Morgan fingerprint density at radius 1 is 1.14 bits per heavy atom. The van der Waals surface area contributed by atoms with E-state index in [2.05, 4.69) is 27.8 Å². The number of hydrogen-bond donors (Lipinski definition) is 1. The Bertz CT molecular complexity index is 1360. The standard InChI is InChI=1S/C25H31N5O4S/c1-3-30-24-10-9-19(35(32,33)29-12-14-34-15-13-29)16-22(24)27-25(30)17-28-11-5-6-20-21(26-18(2)31)7-4-8-23(20)28/h4,7-10,16H,3,5-6,11-15,17H2,1-2H3,(H,26,31). The van der Waals surface area contributed by atoms with Gasteiger partial charge in [-0.3, -0.25) is 4.79 Å². The Labute approximate surface area is 205 Å². The fourth-order valence-electron chi connectivity index (χ4n) is 5.07. The smallest absolute Gasteiger partial charge is 0.243 e. The molecule has 9 nitrogen and oxygen atoms in total. The fourth-order valence-corrected chi connectivity index (χ4v) is 6.50. The quantitative estimate of drug-likeness (QED) is 0.563. The molecule has 3 aromatic rings. The van der Waals surface area contributed by atoms with Gasteiger partial charge in [0, 0.05) is 44.5 Å². The summed E-state index contributed by atoms with van der Waals surface area (Å²) in [6.45, 7) is 7.37. The zero-order chi connectivity index (χ0) is 24.6. The summed E-state index contributed by atoms with van der Waals surface area (Å²) >= 11 is 0. The van der Waals surface area contributed by atoms with E-state index in [-0.39, 0.29) is 10.8 Å². The van der Waals surface area contributed by atoms with Crippen molar-refractivity contribution in [2.75, 3.05) is 43.1 Å². The Balaban J connectivity index is 1.48. The van der Waals surface area contributed by atoms with Gasteiger partial charge in [0.15, 0.2) is 0 Å². The molecule has 2 aliphatic rings. The van der Waals surface area contributed by atoms with Gasteiger partial charge in [0.05, 0.1) is 35.7 Å². The number of carbonyl (C=O) groups excluding carboxylic acids is 1. The average Bonchev–Trinajstić information content (AvgIpc) is 3.21. The highest BCUT2D eigenvalue weighted by Gasteiger charge is 2.27. The number of benzene rings is 2. The number of imidazole rings is 1. The molecule has 5 rings (SSSR count). The molecule has 0 unspecified atom stereocenters. The predicted octanol–water partition coefficient (Wildman–Crippen LogP) is 2.99. The number of fused-ring (bicyclic) bond motifs is 2. The highest BCUT2D eigenvalue weighted by molar-refractivity contribution is 7.89. The summed E-state index contributed by atoms with van der Waals surface area (Å²) in [7, 11) is -3.59. The number of hydrogen-bond acceptors (Lipinski definition) is 6. The SMILES string of the molecule is CCn1c(CN2CCCc3c(NC(C)=O)cccc32)nc2cc(S(=O)(=O)N3CCOCC3)ccc21. The molecule has 35 heavy (non-hydrogen) atoms. The Kier molecular flexibility index (Phi) is 6.52. The molecular weight excluding hydrogens is 466 g/mol. The van der Waals surface area contributed by atoms with Crippen LogP contribution in [0.5, 0.6) is 0 Å². The number of morpholine rings is 1. The molecule has 10 heteroatoms. The van der Waals surface area contributed by atoms with Crippen molar-refractivity contribution in [1.82, 2.24) is 13.9 Å². The molecule has 0 spiro atoms. The van der Waals surface area contributed by atoms with Crippen LogP contribution in [0.1, 0.15) is 31.7 Å².